The number of hydrogen-bond donors (Lipinski definition) is 6. The normalized spacial score (nSPS) is 14.6. The lowest BCUT2D eigenvalue weighted by Crippen LogP contribution is -2.51. The molecule has 0 saturated heterocycles. The number of nitrogens with two attached hydrogens (primary N) is 2. The number of aliphatic hydroxyl groups excluding tert-OH is 1. The van der Waals surface area contributed by atoms with Gasteiger partial charge in [-0.05, 0) is 13.3 Å². The predicted octanol–water partition coefficient (Wildman–Crippen LogP) is -3.35. The van der Waals surface area contributed by atoms with Crippen LogP contribution in [0.4, 0.5) is 0 Å². The van der Waals surface area contributed by atoms with Gasteiger partial charge in [-0.15, -0.1) is 0 Å². The Hall–Kier alpha value is -2.20. The van der Waals surface area contributed by atoms with Crippen LogP contribution in [0.3, 0.4) is 0 Å². The summed E-state index contributed by atoms with van der Waals surface area (Å²) in [6, 6.07) is -2.48. The fraction of sp³-hybridized carbons (Fsp3) is 0.636. The highest BCUT2D eigenvalue weighted by atomic mass is 16.4. The van der Waals surface area contributed by atoms with E-state index in [0.717, 1.165) is 0 Å². The number of amides is 3. The van der Waals surface area contributed by atoms with E-state index in [4.69, 9.17) is 21.7 Å². The predicted molar refractivity (Wildman–Crippen MR) is 70.7 cm³/mol. The Kier molecular flexibility index (Phi) is 7.94. The molecule has 8 N–H and O–H groups in total. The minimum Gasteiger partial charge on any atom is -0.480 e. The van der Waals surface area contributed by atoms with Crippen molar-refractivity contribution in [3.63, 3.8) is 0 Å². The van der Waals surface area contributed by atoms with E-state index in [9.17, 15) is 19.2 Å². The molecule has 0 unspecified atom stereocenters. The minimum atomic E-state index is -1.32. The van der Waals surface area contributed by atoms with Crippen molar-refractivity contribution in [2.75, 3.05) is 6.54 Å². The Bertz CT molecular complexity index is 412. The van der Waals surface area contributed by atoms with Gasteiger partial charge in [0.25, 0.3) is 0 Å². The number of rotatable bonds is 9. The number of carbonyl (C=O) groups is 4. The van der Waals surface area contributed by atoms with Gasteiger partial charge in [0.15, 0.2) is 0 Å². The summed E-state index contributed by atoms with van der Waals surface area (Å²) in [5.41, 5.74) is 10.2. The van der Waals surface area contributed by atoms with Gasteiger partial charge in [0.1, 0.15) is 12.1 Å². The lowest BCUT2D eigenvalue weighted by molar-refractivity contribution is -0.142. The van der Waals surface area contributed by atoms with Crippen molar-refractivity contribution in [1.29, 1.82) is 0 Å². The molecule has 10 nitrogen and oxygen atoms in total. The molecule has 0 aliphatic carbocycles. The molecule has 0 aromatic heterocycles. The summed E-state index contributed by atoms with van der Waals surface area (Å²) in [5.74, 6) is -3.52. The summed E-state index contributed by atoms with van der Waals surface area (Å²) in [7, 11) is 0. The average Bonchev–Trinajstić information content (AvgIpc) is 2.38. The molecule has 0 aliphatic heterocycles. The fourth-order valence-corrected chi connectivity index (χ4v) is 1.29. The summed E-state index contributed by atoms with van der Waals surface area (Å²) in [5, 5.41) is 22.2. The van der Waals surface area contributed by atoms with Crippen molar-refractivity contribution in [2.24, 2.45) is 11.5 Å². The Labute approximate surface area is 120 Å². The Morgan fingerprint density at radius 3 is 2.24 bits per heavy atom. The van der Waals surface area contributed by atoms with E-state index in [1.807, 2.05) is 0 Å². The molecule has 0 bridgehead atoms. The van der Waals surface area contributed by atoms with E-state index >= 15 is 0 Å². The van der Waals surface area contributed by atoms with Crippen molar-refractivity contribution < 1.29 is 29.4 Å². The molecular weight excluding hydrogens is 284 g/mol. The van der Waals surface area contributed by atoms with Crippen LogP contribution in [-0.2, 0) is 19.2 Å². The molecule has 0 spiro atoms. The number of aliphatic carboxylic acids is 1. The third-order valence-corrected chi connectivity index (χ3v) is 2.56. The zero-order chi connectivity index (χ0) is 16.6. The van der Waals surface area contributed by atoms with Crippen molar-refractivity contribution in [2.45, 2.75) is 38.0 Å². The van der Waals surface area contributed by atoms with Crippen LogP contribution in [0.5, 0.6) is 0 Å². The summed E-state index contributed by atoms with van der Waals surface area (Å²) >= 11 is 0. The smallest absolute Gasteiger partial charge is 0.326 e. The zero-order valence-electron chi connectivity index (χ0n) is 11.5. The number of hydrogen-bond acceptors (Lipinski definition) is 6. The minimum absolute atomic E-state index is 0.155. The third kappa shape index (κ3) is 7.84. The van der Waals surface area contributed by atoms with Gasteiger partial charge in [-0.3, -0.25) is 14.4 Å². The number of carboxylic acid groups (broad SMARTS) is 1. The lowest BCUT2D eigenvalue weighted by atomic mass is 10.1. The molecule has 120 valence electrons. The second-order valence-electron chi connectivity index (χ2n) is 4.45. The first kappa shape index (κ1) is 18.8. The molecule has 0 rings (SSSR count). The van der Waals surface area contributed by atoms with Crippen LogP contribution in [0.1, 0.15) is 19.8 Å². The second-order valence-corrected chi connectivity index (χ2v) is 4.45. The fourth-order valence-electron chi connectivity index (χ4n) is 1.29. The highest BCUT2D eigenvalue weighted by molar-refractivity contribution is 5.89. The Morgan fingerprint density at radius 1 is 1.24 bits per heavy atom. The van der Waals surface area contributed by atoms with Gasteiger partial charge >= 0.3 is 5.97 Å². The van der Waals surface area contributed by atoms with E-state index < -0.39 is 48.4 Å². The number of nitrogens with one attached hydrogen (secondary N) is 2. The molecule has 21 heavy (non-hydrogen) atoms. The Morgan fingerprint density at radius 2 is 1.81 bits per heavy atom. The van der Waals surface area contributed by atoms with E-state index in [1.165, 1.54) is 6.92 Å². The topological polar surface area (TPSA) is 185 Å². The van der Waals surface area contributed by atoms with E-state index in [0.29, 0.717) is 0 Å². The standard InChI is InChI=1S/C11H20N4O6/c1-5(16)9(13)10(19)14-4-8(18)15-6(11(20)21)2-3-7(12)17/h5-6,9,16H,2-4,13H2,1H3,(H2,12,17)(H,14,19)(H,15,18)(H,20,21)/t5-,6+,9+/m1/s1. The van der Waals surface area contributed by atoms with E-state index in [1.54, 1.807) is 0 Å². The molecule has 0 aromatic rings. The Balaban J connectivity index is 4.29. The maximum atomic E-state index is 11.5. The largest absolute Gasteiger partial charge is 0.480 e. The SMILES string of the molecule is C[C@@H](O)[C@H](N)C(=O)NCC(=O)N[C@@H](CCC(N)=O)C(=O)O. The monoisotopic (exact) mass is 304 g/mol. The molecular formula is C11H20N4O6. The van der Waals surface area contributed by atoms with Crippen LogP contribution in [0, 0.1) is 0 Å². The molecule has 0 heterocycles. The van der Waals surface area contributed by atoms with Crippen LogP contribution in [-0.4, -0.2) is 58.6 Å². The van der Waals surface area contributed by atoms with E-state index in [2.05, 4.69) is 10.6 Å². The van der Waals surface area contributed by atoms with Crippen molar-refractivity contribution in [1.82, 2.24) is 10.6 Å². The highest BCUT2D eigenvalue weighted by Crippen LogP contribution is 1.97. The first-order valence-corrected chi connectivity index (χ1v) is 6.17. The van der Waals surface area contributed by atoms with Gasteiger partial charge in [-0.25, -0.2) is 4.79 Å². The van der Waals surface area contributed by atoms with Gasteiger partial charge in [0, 0.05) is 6.42 Å². The van der Waals surface area contributed by atoms with Gasteiger partial charge < -0.3 is 32.3 Å². The summed E-state index contributed by atoms with van der Waals surface area (Å²) in [6.07, 6.45) is -1.44. The molecule has 0 aliphatic rings. The summed E-state index contributed by atoms with van der Waals surface area (Å²) in [6.45, 7) is 0.814. The van der Waals surface area contributed by atoms with Crippen molar-refractivity contribution in [3.05, 3.63) is 0 Å². The second kappa shape index (κ2) is 8.87. The zero-order valence-corrected chi connectivity index (χ0v) is 11.5. The van der Waals surface area contributed by atoms with Gasteiger partial charge in [-0.2, -0.15) is 0 Å². The molecule has 3 amide bonds. The summed E-state index contributed by atoms with van der Waals surface area (Å²) in [4.78, 5) is 44.3. The maximum absolute atomic E-state index is 11.5. The van der Waals surface area contributed by atoms with Crippen LogP contribution in [0.2, 0.25) is 0 Å². The number of carboxylic acids is 1. The molecule has 3 atom stereocenters. The van der Waals surface area contributed by atoms with Crippen LogP contribution in [0.25, 0.3) is 0 Å². The molecule has 0 aromatic carbocycles. The first-order valence-electron chi connectivity index (χ1n) is 6.17. The number of primary amides is 1. The lowest BCUT2D eigenvalue weighted by Gasteiger charge is -2.16. The average molecular weight is 304 g/mol. The van der Waals surface area contributed by atoms with E-state index in [-0.39, 0.29) is 12.8 Å². The summed E-state index contributed by atoms with van der Waals surface area (Å²) < 4.78 is 0. The molecule has 0 fully saturated rings. The van der Waals surface area contributed by atoms with Crippen LogP contribution < -0.4 is 22.1 Å². The third-order valence-electron chi connectivity index (χ3n) is 2.56. The number of carbonyl (C=O) groups excluding carboxylic acids is 3. The maximum Gasteiger partial charge on any atom is 0.326 e. The van der Waals surface area contributed by atoms with Gasteiger partial charge in [-0.1, -0.05) is 0 Å². The van der Waals surface area contributed by atoms with Crippen LogP contribution >= 0.6 is 0 Å². The number of aliphatic hydroxyl groups is 1. The molecule has 0 radical (unpaired) electrons. The quantitative estimate of drug-likeness (QED) is 0.257. The van der Waals surface area contributed by atoms with Gasteiger partial charge in [0.05, 0.1) is 12.6 Å². The molecule has 0 saturated carbocycles. The van der Waals surface area contributed by atoms with Crippen molar-refractivity contribution >= 4 is 23.7 Å². The van der Waals surface area contributed by atoms with Gasteiger partial charge in [0.2, 0.25) is 17.7 Å². The molecule has 10 heteroatoms. The van der Waals surface area contributed by atoms with Crippen LogP contribution in [0.15, 0.2) is 0 Å². The van der Waals surface area contributed by atoms with Crippen molar-refractivity contribution in [3.8, 4) is 0 Å². The highest BCUT2D eigenvalue weighted by Gasteiger charge is 2.22. The first-order chi connectivity index (χ1) is 9.65.